The van der Waals surface area contributed by atoms with Crippen molar-refractivity contribution in [2.24, 2.45) is 0 Å². The fraction of sp³-hybridized carbons (Fsp3) is 0.150. The molecule has 1 heterocycles. The van der Waals surface area contributed by atoms with Crippen LogP contribution in [0.5, 0.6) is 5.75 Å². The standard InChI is InChI=1S/C20H17F2N3O5S/c1-3-30-16-9-12(19-23-7-4-8-24-19)5-6-17(16)31(27,28)25-13-10-14(21)18(15(22)11-13)20(26)29-2/h4-11,25H,3H2,1-2H3. The lowest BCUT2D eigenvalue weighted by Gasteiger charge is -2.14. The highest BCUT2D eigenvalue weighted by Gasteiger charge is 2.24. The van der Waals surface area contributed by atoms with Crippen LogP contribution in [0.15, 0.2) is 53.7 Å². The molecule has 8 nitrogen and oxygen atoms in total. The van der Waals surface area contributed by atoms with Gasteiger partial charge in [0.2, 0.25) is 0 Å². The van der Waals surface area contributed by atoms with E-state index in [9.17, 15) is 22.0 Å². The van der Waals surface area contributed by atoms with Crippen molar-refractivity contribution in [2.45, 2.75) is 11.8 Å². The molecule has 1 aromatic heterocycles. The fourth-order valence-corrected chi connectivity index (χ4v) is 3.89. The summed E-state index contributed by atoms with van der Waals surface area (Å²) in [6.07, 6.45) is 3.08. The first-order valence-corrected chi connectivity index (χ1v) is 10.4. The molecule has 2 aromatic carbocycles. The van der Waals surface area contributed by atoms with Crippen LogP contribution in [-0.4, -0.2) is 38.1 Å². The second-order valence-corrected chi connectivity index (χ2v) is 7.73. The number of benzene rings is 2. The van der Waals surface area contributed by atoms with E-state index in [-0.39, 0.29) is 17.3 Å². The SMILES string of the molecule is CCOc1cc(-c2ncccn2)ccc1S(=O)(=O)Nc1cc(F)c(C(=O)OC)c(F)c1. The molecule has 1 N–H and O–H groups in total. The quantitative estimate of drug-likeness (QED) is 0.551. The maximum atomic E-state index is 14.2. The lowest BCUT2D eigenvalue weighted by molar-refractivity contribution is 0.0590. The molecule has 0 saturated heterocycles. The number of esters is 1. The number of aromatic nitrogens is 2. The molecule has 0 atom stereocenters. The summed E-state index contributed by atoms with van der Waals surface area (Å²) in [7, 11) is -3.33. The van der Waals surface area contributed by atoms with E-state index < -0.39 is 38.9 Å². The Morgan fingerprint density at radius 3 is 2.32 bits per heavy atom. The first kappa shape index (κ1) is 22.1. The monoisotopic (exact) mass is 449 g/mol. The number of methoxy groups -OCH3 is 1. The van der Waals surface area contributed by atoms with Crippen LogP contribution in [0, 0.1) is 11.6 Å². The van der Waals surface area contributed by atoms with Gasteiger partial charge in [-0.3, -0.25) is 4.72 Å². The molecule has 3 rings (SSSR count). The Kier molecular flexibility index (Phi) is 6.44. The van der Waals surface area contributed by atoms with Crippen molar-refractivity contribution in [1.82, 2.24) is 9.97 Å². The van der Waals surface area contributed by atoms with Gasteiger partial charge in [0.25, 0.3) is 10.0 Å². The van der Waals surface area contributed by atoms with E-state index in [1.165, 1.54) is 30.6 Å². The molecular weight excluding hydrogens is 432 g/mol. The largest absolute Gasteiger partial charge is 0.492 e. The number of carbonyl (C=O) groups excluding carboxylic acids is 1. The van der Waals surface area contributed by atoms with Gasteiger partial charge in [0.15, 0.2) is 5.82 Å². The molecular formula is C20H17F2N3O5S. The molecule has 31 heavy (non-hydrogen) atoms. The first-order chi connectivity index (χ1) is 14.8. The Balaban J connectivity index is 1.99. The zero-order valence-electron chi connectivity index (χ0n) is 16.4. The molecule has 0 fully saturated rings. The molecule has 0 radical (unpaired) electrons. The van der Waals surface area contributed by atoms with Crippen LogP contribution < -0.4 is 9.46 Å². The Morgan fingerprint density at radius 2 is 1.74 bits per heavy atom. The predicted octanol–water partition coefficient (Wildman–Crippen LogP) is 3.41. The number of sulfonamides is 1. The molecule has 162 valence electrons. The lowest BCUT2D eigenvalue weighted by Crippen LogP contribution is -2.16. The summed E-state index contributed by atoms with van der Waals surface area (Å²) in [4.78, 5) is 19.4. The number of rotatable bonds is 7. The van der Waals surface area contributed by atoms with Gasteiger partial charge < -0.3 is 9.47 Å². The van der Waals surface area contributed by atoms with E-state index in [0.717, 1.165) is 7.11 Å². The van der Waals surface area contributed by atoms with Gasteiger partial charge in [-0.15, -0.1) is 0 Å². The third kappa shape index (κ3) is 4.77. The van der Waals surface area contributed by atoms with Crippen LogP contribution in [0.4, 0.5) is 14.5 Å². The lowest BCUT2D eigenvalue weighted by atomic mass is 10.2. The predicted molar refractivity (Wildman–Crippen MR) is 107 cm³/mol. The smallest absolute Gasteiger partial charge is 0.343 e. The summed E-state index contributed by atoms with van der Waals surface area (Å²) in [5, 5.41) is 0. The molecule has 0 aliphatic rings. The summed E-state index contributed by atoms with van der Waals surface area (Å²) < 4.78 is 65.9. The van der Waals surface area contributed by atoms with Gasteiger partial charge in [-0.25, -0.2) is 32.0 Å². The van der Waals surface area contributed by atoms with Gasteiger partial charge in [-0.2, -0.15) is 0 Å². The normalized spacial score (nSPS) is 11.1. The minimum absolute atomic E-state index is 0.00655. The van der Waals surface area contributed by atoms with Crippen molar-refractivity contribution < 1.29 is 31.5 Å². The number of hydrogen-bond acceptors (Lipinski definition) is 7. The summed E-state index contributed by atoms with van der Waals surface area (Å²) in [5.41, 5.74) is -0.823. The Morgan fingerprint density at radius 1 is 1.10 bits per heavy atom. The number of anilines is 1. The molecule has 0 saturated carbocycles. The minimum Gasteiger partial charge on any atom is -0.492 e. The molecule has 0 amide bonds. The topological polar surface area (TPSA) is 107 Å². The number of nitrogens with one attached hydrogen (secondary N) is 1. The Hall–Kier alpha value is -3.60. The van der Waals surface area contributed by atoms with Crippen LogP contribution >= 0.6 is 0 Å². The van der Waals surface area contributed by atoms with Crippen LogP contribution in [0.3, 0.4) is 0 Å². The van der Waals surface area contributed by atoms with Crippen molar-refractivity contribution in [1.29, 1.82) is 0 Å². The molecule has 3 aromatic rings. The van der Waals surface area contributed by atoms with E-state index in [0.29, 0.717) is 23.5 Å². The maximum Gasteiger partial charge on any atom is 0.343 e. The second kappa shape index (κ2) is 9.04. The van der Waals surface area contributed by atoms with Gasteiger partial charge in [-0.05, 0) is 43.3 Å². The number of ether oxygens (including phenoxy) is 2. The van der Waals surface area contributed by atoms with Crippen LogP contribution in [0.25, 0.3) is 11.4 Å². The zero-order chi connectivity index (χ0) is 22.6. The Bertz CT molecular complexity index is 1200. The zero-order valence-corrected chi connectivity index (χ0v) is 17.2. The summed E-state index contributed by atoms with van der Waals surface area (Å²) in [5.74, 6) is -3.39. The van der Waals surface area contributed by atoms with E-state index in [2.05, 4.69) is 19.4 Å². The van der Waals surface area contributed by atoms with Gasteiger partial charge in [0.1, 0.15) is 27.8 Å². The van der Waals surface area contributed by atoms with Gasteiger partial charge >= 0.3 is 5.97 Å². The van der Waals surface area contributed by atoms with Crippen molar-refractivity contribution >= 4 is 21.7 Å². The van der Waals surface area contributed by atoms with Crippen LogP contribution in [0.2, 0.25) is 0 Å². The van der Waals surface area contributed by atoms with Crippen molar-refractivity contribution in [3.05, 3.63) is 66.0 Å². The van der Waals surface area contributed by atoms with E-state index in [4.69, 9.17) is 4.74 Å². The van der Waals surface area contributed by atoms with Gasteiger partial charge in [0.05, 0.1) is 19.4 Å². The first-order valence-electron chi connectivity index (χ1n) is 8.91. The summed E-state index contributed by atoms with van der Waals surface area (Å²) >= 11 is 0. The number of halogens is 2. The van der Waals surface area contributed by atoms with Crippen molar-refractivity contribution in [2.75, 3.05) is 18.4 Å². The van der Waals surface area contributed by atoms with E-state index >= 15 is 0 Å². The molecule has 0 spiro atoms. The molecule has 0 bridgehead atoms. The molecule has 11 heteroatoms. The summed E-state index contributed by atoms with van der Waals surface area (Å²) in [6, 6.07) is 7.20. The van der Waals surface area contributed by atoms with Gasteiger partial charge in [-0.1, -0.05) is 0 Å². The average molecular weight is 449 g/mol. The Labute approximate surface area is 176 Å². The molecule has 0 unspecified atom stereocenters. The third-order valence-corrected chi connectivity index (χ3v) is 5.46. The van der Waals surface area contributed by atoms with Crippen LogP contribution in [0.1, 0.15) is 17.3 Å². The molecule has 0 aliphatic heterocycles. The number of hydrogen-bond donors (Lipinski definition) is 1. The second-order valence-electron chi connectivity index (χ2n) is 6.08. The van der Waals surface area contributed by atoms with E-state index in [1.807, 2.05) is 0 Å². The maximum absolute atomic E-state index is 14.2. The number of nitrogens with zero attached hydrogens (tertiary/aromatic N) is 2. The van der Waals surface area contributed by atoms with Crippen molar-refractivity contribution in [3.8, 4) is 17.1 Å². The minimum atomic E-state index is -4.30. The van der Waals surface area contributed by atoms with Crippen molar-refractivity contribution in [3.63, 3.8) is 0 Å². The highest BCUT2D eigenvalue weighted by atomic mass is 32.2. The molecule has 0 aliphatic carbocycles. The third-order valence-electron chi connectivity index (χ3n) is 4.04. The average Bonchev–Trinajstić information content (AvgIpc) is 2.73. The highest BCUT2D eigenvalue weighted by Crippen LogP contribution is 2.31. The summed E-state index contributed by atoms with van der Waals surface area (Å²) in [6.45, 7) is 1.84. The number of carbonyl (C=O) groups is 1. The van der Waals surface area contributed by atoms with Gasteiger partial charge in [0, 0.05) is 18.0 Å². The highest BCUT2D eigenvalue weighted by molar-refractivity contribution is 7.92. The fourth-order valence-electron chi connectivity index (χ4n) is 2.72. The van der Waals surface area contributed by atoms with Crippen LogP contribution in [-0.2, 0) is 14.8 Å². The van der Waals surface area contributed by atoms with E-state index in [1.54, 1.807) is 13.0 Å².